The van der Waals surface area contributed by atoms with E-state index in [2.05, 4.69) is 14.7 Å². The van der Waals surface area contributed by atoms with Crippen molar-refractivity contribution >= 4 is 39.7 Å². The number of nitrogens with one attached hydrogen (secondary N) is 1. The molecular weight excluding hydrogens is 456 g/mol. The van der Waals surface area contributed by atoms with E-state index in [0.717, 1.165) is 42.6 Å². The van der Waals surface area contributed by atoms with Crippen LogP contribution in [0.15, 0.2) is 11.1 Å². The Balaban J connectivity index is 1.54. The summed E-state index contributed by atoms with van der Waals surface area (Å²) in [6.45, 7) is 1.76. The third kappa shape index (κ3) is 3.87. The van der Waals surface area contributed by atoms with Gasteiger partial charge in [0.05, 0.1) is 5.56 Å². The fourth-order valence-corrected chi connectivity index (χ4v) is 7.48. The fourth-order valence-electron chi connectivity index (χ4n) is 5.34. The second-order valence-corrected chi connectivity index (χ2v) is 10.8. The van der Waals surface area contributed by atoms with Crippen molar-refractivity contribution < 1.29 is 23.5 Å². The van der Waals surface area contributed by atoms with Gasteiger partial charge in [0.15, 0.2) is 0 Å². The average molecular weight is 480 g/mol. The zero-order valence-electron chi connectivity index (χ0n) is 17.5. The van der Waals surface area contributed by atoms with Crippen molar-refractivity contribution in [1.29, 1.82) is 0 Å². The normalized spacial score (nSPS) is 24.2. The van der Waals surface area contributed by atoms with Crippen LogP contribution in [0.1, 0.15) is 54.8 Å². The summed E-state index contributed by atoms with van der Waals surface area (Å²) in [5.41, 5.74) is 2.00. The number of carboxylic acid groups (broad SMARTS) is 1. The van der Waals surface area contributed by atoms with E-state index in [9.17, 15) is 23.5 Å². The Bertz CT molecular complexity index is 1140. The Morgan fingerprint density at radius 1 is 1.28 bits per heavy atom. The highest BCUT2D eigenvalue weighted by atomic mass is 32.1. The van der Waals surface area contributed by atoms with Crippen LogP contribution in [-0.2, 0) is 22.4 Å². The molecule has 2 unspecified atom stereocenters. The summed E-state index contributed by atoms with van der Waals surface area (Å²) in [4.78, 5) is 30.3. The van der Waals surface area contributed by atoms with Crippen LogP contribution in [-0.4, -0.2) is 32.3 Å². The SMILES string of the molecule is Cc1nsc(-c2c(NC(=O)C3=C(C(=O)O)C4CCCC(C3)C4)sc3c2CCC(F)(F)C3)n1. The molecule has 2 bridgehead atoms. The molecule has 0 radical (unpaired) electrons. The van der Waals surface area contributed by atoms with Crippen LogP contribution in [0.2, 0.25) is 0 Å². The van der Waals surface area contributed by atoms with Gasteiger partial charge in [-0.2, -0.15) is 4.37 Å². The largest absolute Gasteiger partial charge is 0.478 e. The second-order valence-electron chi connectivity index (χ2n) is 8.97. The van der Waals surface area contributed by atoms with Gasteiger partial charge in [-0.05, 0) is 61.5 Å². The number of carbonyl (C=O) groups is 2. The first-order valence-electron chi connectivity index (χ1n) is 10.8. The lowest BCUT2D eigenvalue weighted by Gasteiger charge is -2.35. The molecule has 2 aromatic rings. The average Bonchev–Trinajstić information content (AvgIpc) is 3.28. The van der Waals surface area contributed by atoms with Gasteiger partial charge in [0.25, 0.3) is 11.8 Å². The zero-order valence-corrected chi connectivity index (χ0v) is 19.2. The van der Waals surface area contributed by atoms with E-state index in [1.54, 1.807) is 6.92 Å². The van der Waals surface area contributed by atoms with E-state index in [4.69, 9.17) is 0 Å². The van der Waals surface area contributed by atoms with Gasteiger partial charge < -0.3 is 10.4 Å². The van der Waals surface area contributed by atoms with Crippen molar-refractivity contribution in [3.8, 4) is 10.6 Å². The Labute approximate surface area is 191 Å². The molecule has 2 aromatic heterocycles. The minimum atomic E-state index is -2.77. The predicted octanol–water partition coefficient (Wildman–Crippen LogP) is 5.23. The molecule has 3 aliphatic rings. The van der Waals surface area contributed by atoms with E-state index in [-0.39, 0.29) is 30.8 Å². The minimum absolute atomic E-state index is 0.0961. The molecule has 0 saturated heterocycles. The van der Waals surface area contributed by atoms with Gasteiger partial charge in [0.1, 0.15) is 15.8 Å². The lowest BCUT2D eigenvalue weighted by molar-refractivity contribution is -0.134. The van der Waals surface area contributed by atoms with E-state index in [0.29, 0.717) is 44.2 Å². The summed E-state index contributed by atoms with van der Waals surface area (Å²) >= 11 is 2.32. The maximum Gasteiger partial charge on any atom is 0.332 e. The Morgan fingerprint density at radius 2 is 2.09 bits per heavy atom. The Hall–Kier alpha value is -2.20. The second kappa shape index (κ2) is 7.98. The van der Waals surface area contributed by atoms with Crippen LogP contribution in [0.25, 0.3) is 10.6 Å². The number of aliphatic carboxylic acids is 1. The number of hydrogen-bond acceptors (Lipinski definition) is 6. The van der Waals surface area contributed by atoms with Crippen molar-refractivity contribution in [1.82, 2.24) is 9.36 Å². The summed E-state index contributed by atoms with van der Waals surface area (Å²) in [7, 11) is 0. The lowest BCUT2D eigenvalue weighted by atomic mass is 9.69. The van der Waals surface area contributed by atoms with E-state index in [1.807, 2.05) is 0 Å². The summed E-state index contributed by atoms with van der Waals surface area (Å²) < 4.78 is 32.4. The first-order chi connectivity index (χ1) is 15.2. The van der Waals surface area contributed by atoms with Crippen LogP contribution in [0, 0.1) is 18.8 Å². The molecule has 1 saturated carbocycles. The van der Waals surface area contributed by atoms with E-state index < -0.39 is 17.8 Å². The minimum Gasteiger partial charge on any atom is -0.478 e. The van der Waals surface area contributed by atoms with Gasteiger partial charge in [0, 0.05) is 28.9 Å². The number of nitrogens with zero attached hydrogens (tertiary/aromatic N) is 2. The number of aromatic nitrogens is 2. The topological polar surface area (TPSA) is 92.2 Å². The molecule has 5 rings (SSSR count). The van der Waals surface area contributed by atoms with Crippen molar-refractivity contribution in [2.24, 2.45) is 11.8 Å². The predicted molar refractivity (Wildman–Crippen MR) is 118 cm³/mol. The first kappa shape index (κ1) is 21.6. The quantitative estimate of drug-likeness (QED) is 0.627. The standard InChI is InChI=1S/C22H23F2N3O3S2/c1-10-25-20(32-27-10)17-13-5-6-22(23,24)9-15(13)31-19(17)26-18(28)14-8-11-3-2-4-12(7-11)16(14)21(29)30/h11-12H,2-9H2,1H3,(H,26,28)(H,29,30). The van der Waals surface area contributed by atoms with Gasteiger partial charge in [-0.1, -0.05) is 12.8 Å². The molecule has 2 atom stereocenters. The van der Waals surface area contributed by atoms with Crippen LogP contribution < -0.4 is 5.32 Å². The van der Waals surface area contributed by atoms with Crippen molar-refractivity contribution in [2.75, 3.05) is 5.32 Å². The van der Waals surface area contributed by atoms with Gasteiger partial charge in [0.2, 0.25) is 0 Å². The third-order valence-corrected chi connectivity index (χ3v) is 8.70. The van der Waals surface area contributed by atoms with Gasteiger partial charge in [-0.25, -0.2) is 18.6 Å². The van der Waals surface area contributed by atoms with Crippen LogP contribution in [0.3, 0.4) is 0 Å². The van der Waals surface area contributed by atoms with Crippen molar-refractivity contribution in [2.45, 2.75) is 64.2 Å². The molecule has 2 N–H and O–H groups in total. The molecule has 170 valence electrons. The monoisotopic (exact) mass is 479 g/mol. The molecule has 6 nitrogen and oxygen atoms in total. The number of aryl methyl sites for hydroxylation is 1. The number of hydrogen-bond donors (Lipinski definition) is 2. The number of thiophene rings is 1. The molecule has 1 amide bonds. The molecule has 1 fully saturated rings. The Kier molecular flexibility index (Phi) is 5.40. The summed E-state index contributed by atoms with van der Waals surface area (Å²) in [6.07, 6.45) is 3.62. The van der Waals surface area contributed by atoms with Gasteiger partial charge >= 0.3 is 5.97 Å². The smallest absolute Gasteiger partial charge is 0.332 e. The van der Waals surface area contributed by atoms with Gasteiger partial charge in [-0.15, -0.1) is 11.3 Å². The number of carboxylic acids is 1. The van der Waals surface area contributed by atoms with E-state index in [1.165, 1.54) is 11.5 Å². The molecule has 0 aliphatic heterocycles. The number of alkyl halides is 2. The summed E-state index contributed by atoms with van der Waals surface area (Å²) in [5.74, 6) is -3.44. The highest BCUT2D eigenvalue weighted by molar-refractivity contribution is 7.18. The van der Waals surface area contributed by atoms with Crippen LogP contribution in [0.4, 0.5) is 13.8 Å². The molecule has 2 heterocycles. The zero-order chi connectivity index (χ0) is 22.6. The first-order valence-corrected chi connectivity index (χ1v) is 12.4. The highest BCUT2D eigenvalue weighted by Gasteiger charge is 2.40. The molecule has 32 heavy (non-hydrogen) atoms. The molecular formula is C22H23F2N3O3S2. The maximum absolute atomic E-state index is 14.1. The Morgan fingerprint density at radius 3 is 2.81 bits per heavy atom. The van der Waals surface area contributed by atoms with Crippen LogP contribution in [0.5, 0.6) is 0 Å². The van der Waals surface area contributed by atoms with E-state index >= 15 is 0 Å². The highest BCUT2D eigenvalue weighted by Crippen LogP contribution is 2.48. The molecule has 0 spiro atoms. The number of carbonyl (C=O) groups excluding carboxylic acids is 1. The molecule has 3 aliphatic carbocycles. The number of fused-ring (bicyclic) bond motifs is 3. The fraction of sp³-hybridized carbons (Fsp3) is 0.545. The summed E-state index contributed by atoms with van der Waals surface area (Å²) in [6, 6.07) is 0. The summed E-state index contributed by atoms with van der Waals surface area (Å²) in [5, 5.41) is 13.8. The molecule has 0 aromatic carbocycles. The van der Waals surface area contributed by atoms with Crippen molar-refractivity contribution in [3.05, 3.63) is 27.4 Å². The number of rotatable bonds is 4. The molecule has 10 heteroatoms. The number of halogens is 2. The number of anilines is 1. The maximum atomic E-state index is 14.1. The number of amides is 1. The third-order valence-electron chi connectivity index (χ3n) is 6.73. The van der Waals surface area contributed by atoms with Crippen LogP contribution >= 0.6 is 22.9 Å². The van der Waals surface area contributed by atoms with Crippen molar-refractivity contribution in [3.63, 3.8) is 0 Å². The lowest BCUT2D eigenvalue weighted by Crippen LogP contribution is -2.32. The van der Waals surface area contributed by atoms with Gasteiger partial charge in [-0.3, -0.25) is 4.79 Å².